The molecule has 0 saturated heterocycles. The Morgan fingerprint density at radius 3 is 1.46 bits per heavy atom. The summed E-state index contributed by atoms with van der Waals surface area (Å²) in [4.78, 5) is 29.3. The molecule has 0 radical (unpaired) electrons. The van der Waals surface area contributed by atoms with Gasteiger partial charge in [-0.15, -0.1) is 0 Å². The third-order valence-electron chi connectivity index (χ3n) is 8.31. The Morgan fingerprint density at radius 1 is 0.610 bits per heavy atom. The minimum absolute atomic E-state index is 0.378. The number of pyridine rings is 4. The zero-order valence-electron chi connectivity index (χ0n) is 24.6. The second-order valence-corrected chi connectivity index (χ2v) is 11.4. The molecule has 6 aromatic heterocycles. The van der Waals surface area contributed by atoms with Gasteiger partial charge in [-0.3, -0.25) is 9.13 Å². The topological polar surface area (TPSA) is 87.2 Å². The quantitative estimate of drug-likeness (QED) is 0.200. The molecule has 0 aliphatic carbocycles. The van der Waals surface area contributed by atoms with Crippen molar-refractivity contribution in [2.24, 2.45) is 0 Å². The van der Waals surface area contributed by atoms with E-state index in [0.717, 1.165) is 69.6 Å². The van der Waals surface area contributed by atoms with Crippen molar-refractivity contribution in [3.05, 3.63) is 96.1 Å². The van der Waals surface area contributed by atoms with Gasteiger partial charge in [0, 0.05) is 16.8 Å². The lowest BCUT2D eigenvalue weighted by atomic mass is 9.84. The third-order valence-corrected chi connectivity index (χ3v) is 8.31. The van der Waals surface area contributed by atoms with E-state index in [-0.39, 0.29) is 0 Å². The van der Waals surface area contributed by atoms with Gasteiger partial charge in [0.25, 0.3) is 0 Å². The highest BCUT2D eigenvalue weighted by Crippen LogP contribution is 2.31. The second kappa shape index (κ2) is 10.5. The number of imidazole rings is 2. The molecular formula is C33H36N8. The maximum Gasteiger partial charge on any atom is 0.165 e. The minimum atomic E-state index is -0.469. The SMILES string of the molecule is CCC(C)c1ccc2ncn(-c3cccc(C(C)(C)c4cccc(-n5cnc6ccc(C(C)CC)nc65)n4)n3)c2n1. The molecule has 0 aliphatic rings. The van der Waals surface area contributed by atoms with Crippen molar-refractivity contribution >= 4 is 22.3 Å². The Morgan fingerprint density at radius 2 is 1.05 bits per heavy atom. The van der Waals surface area contributed by atoms with E-state index in [1.54, 1.807) is 12.7 Å². The summed E-state index contributed by atoms with van der Waals surface area (Å²) in [5, 5.41) is 0. The molecule has 6 heterocycles. The third kappa shape index (κ3) is 4.77. The van der Waals surface area contributed by atoms with Crippen molar-refractivity contribution in [3.63, 3.8) is 0 Å². The van der Waals surface area contributed by atoms with Crippen LogP contribution >= 0.6 is 0 Å². The zero-order chi connectivity index (χ0) is 28.7. The van der Waals surface area contributed by atoms with Crippen LogP contribution in [0.5, 0.6) is 0 Å². The standard InChI is InChI=1S/C33H36N8/c1-7-21(3)23-15-17-25-31(36-23)40(19-34-25)29-13-9-11-27(38-29)33(5,6)28-12-10-14-30(39-28)41-20-35-26-18-16-24(22(4)8-2)37-32(26)41/h9-22H,7-8H2,1-6H3. The van der Waals surface area contributed by atoms with Gasteiger partial charge in [0.15, 0.2) is 11.3 Å². The molecule has 0 aromatic carbocycles. The first kappa shape index (κ1) is 26.7. The Bertz CT molecular complexity index is 1710. The molecule has 8 nitrogen and oxygen atoms in total. The van der Waals surface area contributed by atoms with Gasteiger partial charge in [-0.25, -0.2) is 29.9 Å². The van der Waals surface area contributed by atoms with Gasteiger partial charge in [0.05, 0.1) is 11.4 Å². The maximum absolute atomic E-state index is 5.10. The van der Waals surface area contributed by atoms with Crippen molar-refractivity contribution in [2.75, 3.05) is 0 Å². The fourth-order valence-corrected chi connectivity index (χ4v) is 5.06. The molecule has 6 rings (SSSR count). The molecule has 0 bridgehead atoms. The Labute approximate surface area is 240 Å². The average Bonchev–Trinajstić information content (AvgIpc) is 3.64. The molecule has 2 atom stereocenters. The van der Waals surface area contributed by atoms with Gasteiger partial charge in [0.2, 0.25) is 0 Å². The van der Waals surface area contributed by atoms with Gasteiger partial charge in [0.1, 0.15) is 35.3 Å². The molecule has 6 aromatic rings. The van der Waals surface area contributed by atoms with E-state index in [0.29, 0.717) is 11.8 Å². The van der Waals surface area contributed by atoms with Crippen LogP contribution in [-0.2, 0) is 5.41 Å². The summed E-state index contributed by atoms with van der Waals surface area (Å²) >= 11 is 0. The molecule has 0 spiro atoms. The monoisotopic (exact) mass is 544 g/mol. The van der Waals surface area contributed by atoms with E-state index >= 15 is 0 Å². The molecule has 0 N–H and O–H groups in total. The van der Waals surface area contributed by atoms with Crippen LogP contribution in [0.3, 0.4) is 0 Å². The average molecular weight is 545 g/mol. The molecule has 0 saturated carbocycles. The number of hydrogen-bond acceptors (Lipinski definition) is 6. The van der Waals surface area contributed by atoms with Crippen LogP contribution in [-0.4, -0.2) is 39.0 Å². The fraction of sp³-hybridized carbons (Fsp3) is 0.333. The lowest BCUT2D eigenvalue weighted by molar-refractivity contribution is 0.591. The Kier molecular flexibility index (Phi) is 6.85. The van der Waals surface area contributed by atoms with E-state index in [1.807, 2.05) is 45.5 Å². The summed E-state index contributed by atoms with van der Waals surface area (Å²) in [5.74, 6) is 2.32. The molecule has 208 valence electrons. The summed E-state index contributed by atoms with van der Waals surface area (Å²) in [6.45, 7) is 13.1. The number of fused-ring (bicyclic) bond motifs is 2. The van der Waals surface area contributed by atoms with Crippen LogP contribution in [0.4, 0.5) is 0 Å². The van der Waals surface area contributed by atoms with Crippen LogP contribution in [0, 0.1) is 0 Å². The molecule has 0 amide bonds. The van der Waals surface area contributed by atoms with Gasteiger partial charge < -0.3 is 0 Å². The summed E-state index contributed by atoms with van der Waals surface area (Å²) in [6, 6.07) is 20.4. The van der Waals surface area contributed by atoms with E-state index in [9.17, 15) is 0 Å². The Balaban J connectivity index is 1.38. The van der Waals surface area contributed by atoms with Crippen molar-refractivity contribution in [1.82, 2.24) is 39.0 Å². The summed E-state index contributed by atoms with van der Waals surface area (Å²) in [5.41, 5.74) is 6.84. The van der Waals surface area contributed by atoms with Gasteiger partial charge in [-0.1, -0.05) is 39.8 Å². The second-order valence-electron chi connectivity index (χ2n) is 11.4. The van der Waals surface area contributed by atoms with Gasteiger partial charge in [-0.2, -0.15) is 0 Å². The highest BCUT2D eigenvalue weighted by molar-refractivity contribution is 5.73. The van der Waals surface area contributed by atoms with Crippen LogP contribution in [0.25, 0.3) is 34.0 Å². The number of hydrogen-bond donors (Lipinski definition) is 0. The number of aromatic nitrogens is 8. The first-order chi connectivity index (χ1) is 19.8. The van der Waals surface area contributed by atoms with E-state index in [4.69, 9.17) is 19.9 Å². The van der Waals surface area contributed by atoms with Gasteiger partial charge in [-0.05, 0) is 87.1 Å². The molecular weight excluding hydrogens is 508 g/mol. The van der Waals surface area contributed by atoms with Crippen molar-refractivity contribution in [3.8, 4) is 11.6 Å². The highest BCUT2D eigenvalue weighted by Gasteiger charge is 2.28. The van der Waals surface area contributed by atoms with Crippen LogP contribution < -0.4 is 0 Å². The van der Waals surface area contributed by atoms with Crippen LogP contribution in [0.2, 0.25) is 0 Å². The predicted octanol–water partition coefficient (Wildman–Crippen LogP) is 7.30. The molecule has 8 heteroatoms. The molecule has 2 unspecified atom stereocenters. The summed E-state index contributed by atoms with van der Waals surface area (Å²) in [7, 11) is 0. The maximum atomic E-state index is 5.10. The lowest BCUT2D eigenvalue weighted by Crippen LogP contribution is -2.23. The van der Waals surface area contributed by atoms with E-state index in [2.05, 4.69) is 75.8 Å². The predicted molar refractivity (Wildman–Crippen MR) is 163 cm³/mol. The van der Waals surface area contributed by atoms with Crippen molar-refractivity contribution in [2.45, 2.75) is 71.6 Å². The molecule has 41 heavy (non-hydrogen) atoms. The van der Waals surface area contributed by atoms with Crippen molar-refractivity contribution < 1.29 is 0 Å². The Hall–Kier alpha value is -4.46. The smallest absolute Gasteiger partial charge is 0.165 e. The summed E-state index contributed by atoms with van der Waals surface area (Å²) < 4.78 is 3.95. The first-order valence-electron chi connectivity index (χ1n) is 14.4. The zero-order valence-corrected chi connectivity index (χ0v) is 24.6. The first-order valence-corrected chi connectivity index (χ1v) is 14.4. The molecule has 0 aliphatic heterocycles. The van der Waals surface area contributed by atoms with E-state index < -0.39 is 5.41 Å². The highest BCUT2D eigenvalue weighted by atomic mass is 15.2. The van der Waals surface area contributed by atoms with E-state index in [1.165, 1.54) is 0 Å². The molecule has 0 fully saturated rings. The number of rotatable bonds is 8. The normalized spacial score (nSPS) is 13.6. The van der Waals surface area contributed by atoms with Crippen molar-refractivity contribution in [1.29, 1.82) is 0 Å². The lowest BCUT2D eigenvalue weighted by Gasteiger charge is -2.24. The minimum Gasteiger partial charge on any atom is -0.267 e. The van der Waals surface area contributed by atoms with Crippen LogP contribution in [0.15, 0.2) is 73.3 Å². The number of nitrogens with zero attached hydrogens (tertiary/aromatic N) is 8. The largest absolute Gasteiger partial charge is 0.267 e. The fourth-order valence-electron chi connectivity index (χ4n) is 5.06. The van der Waals surface area contributed by atoms with Crippen LogP contribution in [0.1, 0.15) is 89.0 Å². The van der Waals surface area contributed by atoms with Gasteiger partial charge >= 0.3 is 0 Å². The summed E-state index contributed by atoms with van der Waals surface area (Å²) in [6.07, 6.45) is 5.68.